The highest BCUT2D eigenvalue weighted by molar-refractivity contribution is 7.91. The Morgan fingerprint density at radius 3 is 2.71 bits per heavy atom. The van der Waals surface area contributed by atoms with Gasteiger partial charge in [-0.3, -0.25) is 14.6 Å². The fourth-order valence-corrected chi connectivity index (χ4v) is 6.14. The molecule has 0 spiro atoms. The van der Waals surface area contributed by atoms with Crippen LogP contribution in [0.5, 0.6) is 0 Å². The minimum absolute atomic E-state index is 0.0953. The topological polar surface area (TPSA) is 69.7 Å². The van der Waals surface area contributed by atoms with Crippen LogP contribution in [0.3, 0.4) is 0 Å². The lowest BCUT2D eigenvalue weighted by Gasteiger charge is -2.30. The third kappa shape index (κ3) is 5.23. The smallest absolute Gasteiger partial charge is 0.234 e. The van der Waals surface area contributed by atoms with Gasteiger partial charge in [0.2, 0.25) is 5.91 Å². The van der Waals surface area contributed by atoms with E-state index < -0.39 is 9.84 Å². The van der Waals surface area contributed by atoms with Crippen LogP contribution in [0.4, 0.5) is 4.39 Å². The maximum atomic E-state index is 14.5. The number of hydrogen-bond donors (Lipinski definition) is 1. The van der Waals surface area contributed by atoms with Crippen molar-refractivity contribution in [3.8, 4) is 0 Å². The minimum Gasteiger partial charge on any atom is -0.353 e. The molecule has 0 aromatic heterocycles. The summed E-state index contributed by atoms with van der Waals surface area (Å²) < 4.78 is 37.7. The van der Waals surface area contributed by atoms with Gasteiger partial charge in [-0.05, 0) is 51.5 Å². The first-order valence-corrected chi connectivity index (χ1v) is 11.8. The van der Waals surface area contributed by atoms with E-state index >= 15 is 0 Å². The molecule has 3 rings (SSSR count). The molecule has 1 aromatic rings. The Balaban J connectivity index is 1.63. The van der Waals surface area contributed by atoms with E-state index in [-0.39, 0.29) is 48.4 Å². The maximum Gasteiger partial charge on any atom is 0.234 e. The van der Waals surface area contributed by atoms with Crippen LogP contribution >= 0.6 is 11.6 Å². The van der Waals surface area contributed by atoms with Crippen molar-refractivity contribution in [2.45, 2.75) is 31.3 Å². The minimum atomic E-state index is -3.00. The van der Waals surface area contributed by atoms with E-state index in [9.17, 15) is 17.6 Å². The average molecular weight is 432 g/mol. The second-order valence-electron chi connectivity index (χ2n) is 7.67. The van der Waals surface area contributed by atoms with E-state index in [0.717, 1.165) is 25.9 Å². The van der Waals surface area contributed by atoms with E-state index in [1.807, 2.05) is 0 Å². The second-order valence-corrected chi connectivity index (χ2v) is 10.3. The van der Waals surface area contributed by atoms with Crippen molar-refractivity contribution in [3.05, 3.63) is 34.6 Å². The molecule has 1 amide bonds. The zero-order valence-electron chi connectivity index (χ0n) is 16.0. The second kappa shape index (κ2) is 9.07. The summed E-state index contributed by atoms with van der Waals surface area (Å²) in [6.45, 7) is 2.05. The van der Waals surface area contributed by atoms with Gasteiger partial charge in [0.25, 0.3) is 0 Å². The molecule has 0 aliphatic carbocycles. The van der Waals surface area contributed by atoms with Gasteiger partial charge in [-0.1, -0.05) is 17.7 Å². The van der Waals surface area contributed by atoms with Crippen molar-refractivity contribution in [1.29, 1.82) is 0 Å². The number of nitrogens with one attached hydrogen (secondary N) is 1. The first-order valence-electron chi connectivity index (χ1n) is 9.62. The predicted molar refractivity (Wildman–Crippen MR) is 108 cm³/mol. The molecule has 1 N–H and O–H groups in total. The highest BCUT2D eigenvalue weighted by Gasteiger charge is 2.32. The number of sulfone groups is 1. The standard InChI is InChI=1S/C19H27ClFN3O3S/c1-23(14-7-10-28(26,27)13-14)12-18(25)22-11-17(24-8-2-3-9-24)19-15(20)5-4-6-16(19)21/h4-6,14,17H,2-3,7-13H2,1H3,(H,22,25)/t14-,17+/m1/s1. The van der Waals surface area contributed by atoms with Crippen molar-refractivity contribution in [3.63, 3.8) is 0 Å². The number of likely N-dealkylation sites (tertiary alicyclic amines) is 1. The molecule has 0 bridgehead atoms. The molecule has 2 atom stereocenters. The van der Waals surface area contributed by atoms with E-state index in [0.29, 0.717) is 17.0 Å². The summed E-state index contributed by atoms with van der Waals surface area (Å²) in [7, 11) is -1.23. The van der Waals surface area contributed by atoms with E-state index in [1.54, 1.807) is 24.1 Å². The first-order chi connectivity index (χ1) is 13.3. The lowest BCUT2D eigenvalue weighted by molar-refractivity contribution is -0.122. The number of rotatable bonds is 7. The molecule has 28 heavy (non-hydrogen) atoms. The number of carbonyl (C=O) groups excluding carboxylic acids is 1. The fourth-order valence-electron chi connectivity index (χ4n) is 4.04. The van der Waals surface area contributed by atoms with Crippen LogP contribution < -0.4 is 5.32 Å². The number of benzene rings is 1. The van der Waals surface area contributed by atoms with Crippen LogP contribution in [0.2, 0.25) is 5.02 Å². The van der Waals surface area contributed by atoms with Gasteiger partial charge in [0.1, 0.15) is 5.82 Å². The van der Waals surface area contributed by atoms with Gasteiger partial charge >= 0.3 is 0 Å². The van der Waals surface area contributed by atoms with Crippen LogP contribution in [0.25, 0.3) is 0 Å². The zero-order chi connectivity index (χ0) is 20.3. The monoisotopic (exact) mass is 431 g/mol. The Bertz CT molecular complexity index is 794. The van der Waals surface area contributed by atoms with Gasteiger partial charge in [0, 0.05) is 23.2 Å². The van der Waals surface area contributed by atoms with Crippen molar-refractivity contribution < 1.29 is 17.6 Å². The molecule has 2 fully saturated rings. The molecular weight excluding hydrogens is 405 g/mol. The molecule has 1 aromatic carbocycles. The van der Waals surface area contributed by atoms with Crippen molar-refractivity contribution >= 4 is 27.3 Å². The Labute approximate surface area is 170 Å². The van der Waals surface area contributed by atoms with Gasteiger partial charge in [-0.25, -0.2) is 12.8 Å². The quantitative estimate of drug-likeness (QED) is 0.713. The molecule has 156 valence electrons. The maximum absolute atomic E-state index is 14.5. The van der Waals surface area contributed by atoms with Gasteiger partial charge in [0.15, 0.2) is 9.84 Å². The van der Waals surface area contributed by atoms with Gasteiger partial charge in [-0.2, -0.15) is 0 Å². The Morgan fingerprint density at radius 1 is 1.39 bits per heavy atom. The molecule has 2 heterocycles. The summed E-state index contributed by atoms with van der Waals surface area (Å²) in [4.78, 5) is 16.4. The molecule has 6 nitrogen and oxygen atoms in total. The third-order valence-corrected chi connectivity index (χ3v) is 7.71. The largest absolute Gasteiger partial charge is 0.353 e. The number of carbonyl (C=O) groups is 1. The Morgan fingerprint density at radius 2 is 2.11 bits per heavy atom. The Kier molecular flexibility index (Phi) is 6.96. The van der Waals surface area contributed by atoms with E-state index in [1.165, 1.54) is 6.07 Å². The van der Waals surface area contributed by atoms with Crippen LogP contribution in [-0.4, -0.2) is 74.9 Å². The lowest BCUT2D eigenvalue weighted by Crippen LogP contribution is -2.44. The summed E-state index contributed by atoms with van der Waals surface area (Å²) in [5.74, 6) is -0.305. The SMILES string of the molecule is CN(CC(=O)NC[C@@H](c1c(F)cccc1Cl)N1CCCC1)[C@@H]1CCS(=O)(=O)C1. The summed E-state index contributed by atoms with van der Waals surface area (Å²) in [6.07, 6.45) is 2.62. The van der Waals surface area contributed by atoms with Crippen molar-refractivity contribution in [2.24, 2.45) is 0 Å². The molecule has 9 heteroatoms. The number of nitrogens with zero attached hydrogens (tertiary/aromatic N) is 2. The lowest BCUT2D eigenvalue weighted by atomic mass is 10.0. The molecule has 2 saturated heterocycles. The summed E-state index contributed by atoms with van der Waals surface area (Å²) >= 11 is 6.27. The summed E-state index contributed by atoms with van der Waals surface area (Å²) in [5.41, 5.74) is 0.418. The van der Waals surface area contributed by atoms with Crippen LogP contribution in [0.1, 0.15) is 30.9 Å². The number of amides is 1. The average Bonchev–Trinajstić information content (AvgIpc) is 3.27. The van der Waals surface area contributed by atoms with Crippen molar-refractivity contribution in [1.82, 2.24) is 15.1 Å². The van der Waals surface area contributed by atoms with Gasteiger partial charge in [-0.15, -0.1) is 0 Å². The first kappa shape index (κ1) is 21.5. The number of hydrogen-bond acceptors (Lipinski definition) is 5. The zero-order valence-corrected chi connectivity index (χ0v) is 17.6. The molecular formula is C19H27ClFN3O3S. The fraction of sp³-hybridized carbons (Fsp3) is 0.632. The molecule has 2 aliphatic rings. The van der Waals surface area contributed by atoms with Crippen LogP contribution in [-0.2, 0) is 14.6 Å². The van der Waals surface area contributed by atoms with Crippen LogP contribution in [0, 0.1) is 5.82 Å². The highest BCUT2D eigenvalue weighted by atomic mass is 35.5. The van der Waals surface area contributed by atoms with E-state index in [4.69, 9.17) is 11.6 Å². The molecule has 0 saturated carbocycles. The van der Waals surface area contributed by atoms with Crippen LogP contribution in [0.15, 0.2) is 18.2 Å². The summed E-state index contributed by atoms with van der Waals surface area (Å²) in [5, 5.41) is 3.25. The Hall–Kier alpha value is -1.22. The van der Waals surface area contributed by atoms with Gasteiger partial charge in [0.05, 0.1) is 24.1 Å². The summed E-state index contributed by atoms with van der Waals surface area (Å²) in [6, 6.07) is 4.17. The molecule has 0 radical (unpaired) electrons. The predicted octanol–water partition coefficient (Wildman–Crippen LogP) is 1.85. The highest BCUT2D eigenvalue weighted by Crippen LogP contribution is 2.32. The normalized spacial score (nSPS) is 23.2. The molecule has 0 unspecified atom stereocenters. The van der Waals surface area contributed by atoms with Crippen molar-refractivity contribution in [2.75, 3.05) is 44.7 Å². The third-order valence-electron chi connectivity index (χ3n) is 5.63. The molecule has 2 aliphatic heterocycles. The number of halogens is 2. The number of likely N-dealkylation sites (N-methyl/N-ethyl adjacent to an activating group) is 1. The van der Waals surface area contributed by atoms with Gasteiger partial charge < -0.3 is 5.32 Å². The van der Waals surface area contributed by atoms with E-state index in [2.05, 4.69) is 10.2 Å².